The van der Waals surface area contributed by atoms with Gasteiger partial charge in [-0.15, -0.1) is 0 Å². The predicted molar refractivity (Wildman–Crippen MR) is 99.4 cm³/mol. The van der Waals surface area contributed by atoms with Crippen LogP contribution in [0.3, 0.4) is 0 Å². The Morgan fingerprint density at radius 3 is 2.48 bits per heavy atom. The van der Waals surface area contributed by atoms with Crippen LogP contribution in [0.15, 0.2) is 42.5 Å². The molecule has 2 aromatic rings. The molecule has 0 unspecified atom stereocenters. The van der Waals surface area contributed by atoms with E-state index < -0.39 is 39.8 Å². The van der Waals surface area contributed by atoms with Crippen LogP contribution < -0.4 is 14.4 Å². The Bertz CT molecular complexity index is 933. The van der Waals surface area contributed by atoms with Crippen molar-refractivity contribution < 1.29 is 26.7 Å². The predicted octanol–water partition coefficient (Wildman–Crippen LogP) is 3.16. The van der Waals surface area contributed by atoms with Gasteiger partial charge in [0.15, 0.2) is 0 Å². The monoisotopic (exact) mass is 398 g/mol. The Balaban J connectivity index is 2.20. The number of nitrogens with one attached hydrogen (secondary N) is 1. The molecule has 0 fully saturated rings. The van der Waals surface area contributed by atoms with Crippen molar-refractivity contribution in [1.29, 1.82) is 0 Å². The summed E-state index contributed by atoms with van der Waals surface area (Å²) in [6.45, 7) is 3.04. The summed E-state index contributed by atoms with van der Waals surface area (Å²) in [5.74, 6) is -2.09. The number of carbonyl (C=O) groups excluding carboxylic acids is 1. The van der Waals surface area contributed by atoms with Gasteiger partial charge in [-0.3, -0.25) is 9.10 Å². The van der Waals surface area contributed by atoms with E-state index in [0.29, 0.717) is 21.8 Å². The third-order valence-corrected chi connectivity index (χ3v) is 4.48. The number of ether oxygens (including phenoxy) is 1. The first-order valence-electron chi connectivity index (χ1n) is 8.05. The van der Waals surface area contributed by atoms with Crippen LogP contribution in [0.25, 0.3) is 0 Å². The van der Waals surface area contributed by atoms with E-state index in [1.54, 1.807) is 24.3 Å². The van der Waals surface area contributed by atoms with Crippen molar-refractivity contribution in [2.75, 3.05) is 22.4 Å². The number of benzene rings is 2. The summed E-state index contributed by atoms with van der Waals surface area (Å²) < 4.78 is 57.2. The molecule has 0 heterocycles. The average Bonchev–Trinajstić information content (AvgIpc) is 2.52. The maximum absolute atomic E-state index is 14.0. The number of sulfonamides is 1. The van der Waals surface area contributed by atoms with Crippen LogP contribution in [0.1, 0.15) is 13.8 Å². The topological polar surface area (TPSA) is 75.7 Å². The minimum atomic E-state index is -3.98. The van der Waals surface area contributed by atoms with E-state index in [4.69, 9.17) is 4.74 Å². The lowest BCUT2D eigenvalue weighted by atomic mass is 10.3. The van der Waals surface area contributed by atoms with Crippen molar-refractivity contribution >= 4 is 27.3 Å². The van der Waals surface area contributed by atoms with Crippen LogP contribution in [-0.4, -0.2) is 33.2 Å². The lowest BCUT2D eigenvalue weighted by molar-refractivity contribution is -0.114. The zero-order valence-corrected chi connectivity index (χ0v) is 15.9. The highest BCUT2D eigenvalue weighted by molar-refractivity contribution is 7.92. The van der Waals surface area contributed by atoms with E-state index in [1.165, 1.54) is 0 Å². The fourth-order valence-electron chi connectivity index (χ4n) is 2.31. The van der Waals surface area contributed by atoms with Gasteiger partial charge in [0.2, 0.25) is 15.9 Å². The largest absolute Gasteiger partial charge is 0.491 e. The Kier molecular flexibility index (Phi) is 6.37. The number of hydrogen-bond acceptors (Lipinski definition) is 4. The summed E-state index contributed by atoms with van der Waals surface area (Å²) in [5, 5.41) is 2.54. The Morgan fingerprint density at radius 1 is 1.19 bits per heavy atom. The van der Waals surface area contributed by atoms with Crippen LogP contribution in [-0.2, 0) is 14.8 Å². The van der Waals surface area contributed by atoms with Gasteiger partial charge in [-0.1, -0.05) is 6.07 Å². The molecule has 0 radical (unpaired) electrons. The molecule has 0 saturated carbocycles. The summed E-state index contributed by atoms with van der Waals surface area (Å²) >= 11 is 0. The zero-order chi connectivity index (χ0) is 20.2. The molecule has 0 aliphatic rings. The zero-order valence-electron chi connectivity index (χ0n) is 15.1. The summed E-state index contributed by atoms with van der Waals surface area (Å²) in [6, 6.07) is 9.01. The van der Waals surface area contributed by atoms with Crippen LogP contribution in [0.5, 0.6) is 5.75 Å². The number of nitrogens with zero attached hydrogens (tertiary/aromatic N) is 1. The lowest BCUT2D eigenvalue weighted by Crippen LogP contribution is -2.38. The molecule has 0 atom stereocenters. The van der Waals surface area contributed by atoms with E-state index in [2.05, 4.69) is 5.32 Å². The molecule has 0 bridgehead atoms. The Morgan fingerprint density at radius 2 is 1.89 bits per heavy atom. The normalized spacial score (nSPS) is 11.3. The number of amides is 1. The maximum atomic E-state index is 14.0. The highest BCUT2D eigenvalue weighted by Crippen LogP contribution is 2.23. The van der Waals surface area contributed by atoms with Gasteiger partial charge in [-0.25, -0.2) is 17.2 Å². The summed E-state index contributed by atoms with van der Waals surface area (Å²) in [4.78, 5) is 12.3. The second-order valence-electron chi connectivity index (χ2n) is 6.11. The molecule has 2 rings (SSSR count). The molecule has 2 aromatic carbocycles. The second-order valence-corrected chi connectivity index (χ2v) is 8.01. The molecule has 0 aromatic heterocycles. The molecule has 1 N–H and O–H groups in total. The minimum absolute atomic E-state index is 0.0573. The third kappa shape index (κ3) is 5.92. The van der Waals surface area contributed by atoms with E-state index in [1.807, 2.05) is 13.8 Å². The molecule has 0 aliphatic heterocycles. The van der Waals surface area contributed by atoms with E-state index in [-0.39, 0.29) is 6.10 Å². The van der Waals surface area contributed by atoms with Crippen molar-refractivity contribution in [3.63, 3.8) is 0 Å². The van der Waals surface area contributed by atoms with Gasteiger partial charge in [0, 0.05) is 17.8 Å². The van der Waals surface area contributed by atoms with Gasteiger partial charge < -0.3 is 10.1 Å². The quantitative estimate of drug-likeness (QED) is 0.777. The van der Waals surface area contributed by atoms with Gasteiger partial charge in [0.05, 0.1) is 18.0 Å². The van der Waals surface area contributed by atoms with Crippen molar-refractivity contribution in [3.8, 4) is 5.75 Å². The molecular weight excluding hydrogens is 378 g/mol. The van der Waals surface area contributed by atoms with E-state index in [9.17, 15) is 22.0 Å². The van der Waals surface area contributed by atoms with Crippen LogP contribution in [0, 0.1) is 11.6 Å². The van der Waals surface area contributed by atoms with Crippen molar-refractivity contribution in [2.45, 2.75) is 20.0 Å². The Labute approximate surface area is 156 Å². The van der Waals surface area contributed by atoms with Crippen LogP contribution in [0.2, 0.25) is 0 Å². The highest BCUT2D eigenvalue weighted by Gasteiger charge is 2.24. The smallest absolute Gasteiger partial charge is 0.245 e. The number of carbonyl (C=O) groups is 1. The minimum Gasteiger partial charge on any atom is -0.491 e. The number of rotatable bonds is 7. The maximum Gasteiger partial charge on any atom is 0.245 e. The molecule has 0 spiro atoms. The molecule has 6 nitrogen and oxygen atoms in total. The standard InChI is InChI=1S/C18H20F2N2O4S/c1-12(2)26-15-6-4-5-14(10-15)21-18(23)11-22(27(3,24)25)17-8-7-13(19)9-16(17)20/h4-10,12H,11H2,1-3H3,(H,21,23). The number of hydrogen-bond donors (Lipinski definition) is 1. The molecule has 27 heavy (non-hydrogen) atoms. The fraction of sp³-hybridized carbons (Fsp3) is 0.278. The molecule has 1 amide bonds. The van der Waals surface area contributed by atoms with Gasteiger partial charge in [0.25, 0.3) is 0 Å². The first-order chi connectivity index (χ1) is 12.6. The number of anilines is 2. The molecule has 146 valence electrons. The van der Waals surface area contributed by atoms with E-state index in [0.717, 1.165) is 18.4 Å². The van der Waals surface area contributed by atoms with Gasteiger partial charge in [-0.05, 0) is 38.1 Å². The van der Waals surface area contributed by atoms with Crippen molar-refractivity contribution in [3.05, 3.63) is 54.1 Å². The summed E-state index contributed by atoms with van der Waals surface area (Å²) in [5.41, 5.74) is -0.0166. The SMILES string of the molecule is CC(C)Oc1cccc(NC(=O)CN(c2ccc(F)cc2F)S(C)(=O)=O)c1. The highest BCUT2D eigenvalue weighted by atomic mass is 32.2. The first kappa shape index (κ1) is 20.6. The van der Waals surface area contributed by atoms with E-state index >= 15 is 0 Å². The third-order valence-electron chi connectivity index (χ3n) is 3.36. The summed E-state index contributed by atoms with van der Waals surface area (Å²) in [6.07, 6.45) is 0.776. The van der Waals surface area contributed by atoms with Crippen LogP contribution >= 0.6 is 0 Å². The van der Waals surface area contributed by atoms with Crippen molar-refractivity contribution in [2.24, 2.45) is 0 Å². The van der Waals surface area contributed by atoms with Gasteiger partial charge >= 0.3 is 0 Å². The average molecular weight is 398 g/mol. The fourth-order valence-corrected chi connectivity index (χ4v) is 3.17. The van der Waals surface area contributed by atoms with Crippen molar-refractivity contribution in [1.82, 2.24) is 0 Å². The van der Waals surface area contributed by atoms with Crippen LogP contribution in [0.4, 0.5) is 20.2 Å². The molecule has 9 heteroatoms. The van der Waals surface area contributed by atoms with Gasteiger partial charge in [-0.2, -0.15) is 0 Å². The molecular formula is C18H20F2N2O4S. The summed E-state index contributed by atoms with van der Waals surface area (Å²) in [7, 11) is -3.98. The van der Waals surface area contributed by atoms with Gasteiger partial charge in [0.1, 0.15) is 23.9 Å². The molecule has 0 saturated heterocycles. The molecule has 0 aliphatic carbocycles. The second kappa shape index (κ2) is 8.34. The Hall–Kier alpha value is -2.68. The lowest BCUT2D eigenvalue weighted by Gasteiger charge is -2.22. The first-order valence-corrected chi connectivity index (χ1v) is 9.90. The number of halogens is 2.